The van der Waals surface area contributed by atoms with Crippen molar-refractivity contribution in [3.8, 4) is 40.2 Å². The third kappa shape index (κ3) is 19.3. The van der Waals surface area contributed by atoms with Crippen molar-refractivity contribution in [3.63, 3.8) is 0 Å². The van der Waals surface area contributed by atoms with Crippen molar-refractivity contribution in [2.24, 2.45) is 0 Å². The van der Waals surface area contributed by atoms with Crippen molar-refractivity contribution in [2.45, 2.75) is 108 Å². The Morgan fingerprint density at radius 2 is 0.533 bits per heavy atom. The zero-order valence-electron chi connectivity index (χ0n) is 51.9. The van der Waals surface area contributed by atoms with Crippen LogP contribution in [0.15, 0.2) is 170 Å². The molecule has 0 amide bonds. The molecule has 2 heterocycles. The highest BCUT2D eigenvalue weighted by Gasteiger charge is 2.55. The number of hydrogen-bond donors (Lipinski definition) is 0. The van der Waals surface area contributed by atoms with Gasteiger partial charge in [0.05, 0.1) is 115 Å². The number of rotatable bonds is 34. The molecule has 1 unspecified atom stereocenters. The van der Waals surface area contributed by atoms with Gasteiger partial charge in [0, 0.05) is 0 Å². The summed E-state index contributed by atoms with van der Waals surface area (Å²) in [4.78, 5) is 0. The lowest BCUT2D eigenvalue weighted by Gasteiger charge is -2.50. The molecule has 2 saturated heterocycles. The summed E-state index contributed by atoms with van der Waals surface area (Å²) >= 11 is 0. The predicted molar refractivity (Wildman–Crippen MR) is 331 cm³/mol. The smallest absolute Gasteiger partial charge is 0.266 e. The molecule has 2 fully saturated rings. The van der Waals surface area contributed by atoms with E-state index in [2.05, 4.69) is 0 Å². The third-order valence-corrected chi connectivity index (χ3v) is 15.7. The van der Waals surface area contributed by atoms with Crippen LogP contribution in [0.4, 0.5) is 0 Å². The quantitative estimate of drug-likeness (QED) is 0.0345. The van der Waals surface area contributed by atoms with Crippen LogP contribution in [0.5, 0.6) is 40.2 Å². The zero-order chi connectivity index (χ0) is 63.2. The molecule has 0 bridgehead atoms. The Morgan fingerprint density at radius 3 is 0.822 bits per heavy atom. The van der Waals surface area contributed by atoms with Gasteiger partial charge in [0.2, 0.25) is 6.29 Å². The molecule has 21 heteroatoms. The maximum absolute atomic E-state index is 13.4. The summed E-state index contributed by atoms with van der Waals surface area (Å²) in [5, 5.41) is 0. The zero-order valence-corrected chi connectivity index (χ0v) is 52.7. The minimum Gasteiger partial charge on any atom is -0.497 e. The Morgan fingerprint density at radius 1 is 0.300 bits per heavy atom. The van der Waals surface area contributed by atoms with Gasteiger partial charge in [-0.3, -0.25) is 0 Å². The number of methoxy groups -OCH3 is 7. The molecule has 0 radical (unpaired) electrons. The van der Waals surface area contributed by atoms with Crippen LogP contribution in [0.3, 0.4) is 0 Å². The lowest BCUT2D eigenvalue weighted by atomic mass is 9.95. The van der Waals surface area contributed by atoms with E-state index in [0.717, 1.165) is 45.2 Å². The number of ether oxygens (including phenoxy) is 17. The van der Waals surface area contributed by atoms with E-state index in [1.54, 1.807) is 61.9 Å². The van der Waals surface area contributed by atoms with E-state index in [-0.39, 0.29) is 59.5 Å². The normalized spacial score (nSPS) is 21.7. The van der Waals surface area contributed by atoms with Gasteiger partial charge in [0.15, 0.2) is 6.29 Å². The maximum Gasteiger partial charge on any atom is 0.266 e. The summed E-state index contributed by atoms with van der Waals surface area (Å²) < 4.78 is 141. The summed E-state index contributed by atoms with van der Waals surface area (Å²) in [7, 11) is 6.94. The molecule has 482 valence electrons. The van der Waals surface area contributed by atoms with E-state index in [9.17, 15) is 8.42 Å². The second kappa shape index (κ2) is 33.6. The van der Waals surface area contributed by atoms with Crippen molar-refractivity contribution >= 4 is 10.1 Å². The average Bonchev–Trinajstić information content (AvgIpc) is 1.90. The second-order valence-corrected chi connectivity index (χ2v) is 22.9. The van der Waals surface area contributed by atoms with Gasteiger partial charge in [-0.25, -0.2) is 4.18 Å². The van der Waals surface area contributed by atoms with Crippen LogP contribution in [0.2, 0.25) is 0 Å². The van der Waals surface area contributed by atoms with Crippen LogP contribution in [0.25, 0.3) is 0 Å². The molecule has 0 aliphatic carbocycles. The molecule has 0 N–H and O–H groups in total. The Balaban J connectivity index is 1.17. The molecule has 0 spiro atoms. The van der Waals surface area contributed by atoms with Gasteiger partial charge < -0.3 is 80.5 Å². The number of hydrogen-bond acceptors (Lipinski definition) is 20. The van der Waals surface area contributed by atoms with Gasteiger partial charge >= 0.3 is 0 Å². The Kier molecular flexibility index (Phi) is 25.1. The largest absolute Gasteiger partial charge is 0.497 e. The highest BCUT2D eigenvalue weighted by atomic mass is 32.2. The van der Waals surface area contributed by atoms with Crippen molar-refractivity contribution in [2.75, 3.05) is 69.2 Å². The Hall–Kier alpha value is -7.35. The number of benzene rings is 7. The first-order valence-corrected chi connectivity index (χ1v) is 31.1. The summed E-state index contributed by atoms with van der Waals surface area (Å²) in [6, 6.07) is 52.3. The van der Waals surface area contributed by atoms with Gasteiger partial charge in [0.1, 0.15) is 89.1 Å². The minimum atomic E-state index is -4.25. The third-order valence-electron chi connectivity index (χ3n) is 15.2. The van der Waals surface area contributed by atoms with Gasteiger partial charge in [-0.05, 0) is 124 Å². The average molecular weight is 1260 g/mol. The molecule has 2 aliphatic rings. The predicted octanol–water partition coefficient (Wildman–Crippen LogP) is 10.2. The van der Waals surface area contributed by atoms with Gasteiger partial charge in [-0.15, -0.1) is 0 Å². The summed E-state index contributed by atoms with van der Waals surface area (Å²) in [6.45, 7) is 0.247. The maximum atomic E-state index is 13.4. The minimum absolute atomic E-state index is 0.0262. The fourth-order valence-electron chi connectivity index (χ4n) is 10.2. The SMILES string of the molecule is COc1ccc(COC[C@H]2O[C@@H](O[C@H]3[C@H](OCc4ccc(OC)cc4)[C@@H](OCc4ccc(OC)cc4)C(OS(C)(=O)=O)O[C@@H]3COCc3ccc(OC)cc3)[C@H](OCc3ccc(OC)cc3)[C@@H](OCc3ccc(OC)cc3)[C@H]2OCc2ccc(OC)cc2)cc1. The summed E-state index contributed by atoms with van der Waals surface area (Å²) in [5.41, 5.74) is 5.63. The standard InChI is InChI=1S/C69H80O20S/c1-72-53-23-9-46(10-24-53)37-79-44-60-62(81-39-48-13-27-55(74-3)28-14-48)64(82-40-49-15-29-56(75-4)30-16-49)66(84-42-51-19-33-58(77-6)34-20-51)68(86-60)88-63-61(45-80-38-47-11-25-54(73-2)26-12-47)87-69(89-90(8,70)71)67(85-43-52-21-35-59(78-7)36-22-52)65(63)83-41-50-17-31-57(76-5)32-18-50/h9-36,60-69H,37-45H2,1-8H3/t60-,61-,62+,63-,64+,65+,66-,67-,68+,69?/m1/s1. The second-order valence-electron chi connectivity index (χ2n) is 21.3. The Bertz CT molecular complexity index is 3320. The van der Waals surface area contributed by atoms with E-state index < -0.39 is 71.5 Å². The fourth-order valence-corrected chi connectivity index (χ4v) is 10.7. The molecular formula is C69H80O20S. The van der Waals surface area contributed by atoms with Crippen LogP contribution in [-0.4, -0.2) is 139 Å². The van der Waals surface area contributed by atoms with Crippen molar-refractivity contribution < 1.29 is 93.1 Å². The summed E-state index contributed by atoms with van der Waals surface area (Å²) in [5.74, 6) is 4.64. The first-order valence-electron chi connectivity index (χ1n) is 29.3. The lowest BCUT2D eigenvalue weighted by molar-refractivity contribution is -0.372. The van der Waals surface area contributed by atoms with Gasteiger partial charge in [-0.2, -0.15) is 8.42 Å². The molecule has 7 aromatic rings. The first-order chi connectivity index (χ1) is 43.8. The van der Waals surface area contributed by atoms with Gasteiger partial charge in [-0.1, -0.05) is 84.9 Å². The van der Waals surface area contributed by atoms with E-state index in [0.29, 0.717) is 40.2 Å². The monoisotopic (exact) mass is 1260 g/mol. The molecule has 9 rings (SSSR count). The van der Waals surface area contributed by atoms with Crippen LogP contribution >= 0.6 is 0 Å². The first kappa shape index (κ1) is 67.1. The van der Waals surface area contributed by atoms with E-state index >= 15 is 0 Å². The summed E-state index contributed by atoms with van der Waals surface area (Å²) in [6.07, 6.45) is -10.8. The van der Waals surface area contributed by atoms with E-state index in [1.807, 2.05) is 158 Å². The molecular weight excluding hydrogens is 1180 g/mol. The highest BCUT2D eigenvalue weighted by molar-refractivity contribution is 7.86. The van der Waals surface area contributed by atoms with Crippen LogP contribution in [-0.2, 0) is 108 Å². The molecule has 7 aromatic carbocycles. The lowest BCUT2D eigenvalue weighted by Crippen LogP contribution is -2.66. The van der Waals surface area contributed by atoms with Crippen LogP contribution in [0.1, 0.15) is 38.9 Å². The molecule has 0 aromatic heterocycles. The molecule has 2 aliphatic heterocycles. The van der Waals surface area contributed by atoms with Crippen molar-refractivity contribution in [1.29, 1.82) is 0 Å². The molecule has 90 heavy (non-hydrogen) atoms. The van der Waals surface area contributed by atoms with E-state index in [4.69, 9.17) is 84.7 Å². The van der Waals surface area contributed by atoms with Crippen LogP contribution in [0, 0.1) is 0 Å². The topological polar surface area (TPSA) is 200 Å². The highest BCUT2D eigenvalue weighted by Crippen LogP contribution is 2.38. The fraction of sp³-hybridized carbons (Fsp3) is 0.391. The van der Waals surface area contributed by atoms with Crippen molar-refractivity contribution in [1.82, 2.24) is 0 Å². The Labute approximate surface area is 526 Å². The molecule has 10 atom stereocenters. The molecule has 20 nitrogen and oxygen atoms in total. The van der Waals surface area contributed by atoms with E-state index in [1.165, 1.54) is 0 Å². The van der Waals surface area contributed by atoms with Gasteiger partial charge in [0.25, 0.3) is 10.1 Å². The van der Waals surface area contributed by atoms with Crippen LogP contribution < -0.4 is 33.2 Å². The van der Waals surface area contributed by atoms with Crippen molar-refractivity contribution in [3.05, 3.63) is 209 Å². The molecule has 0 saturated carbocycles.